The smallest absolute Gasteiger partial charge is 0.122 e. The summed E-state index contributed by atoms with van der Waals surface area (Å²) in [6.45, 7) is 2.10. The fourth-order valence-electron chi connectivity index (χ4n) is 2.72. The van der Waals surface area contributed by atoms with Crippen molar-refractivity contribution in [3.05, 3.63) is 54.1 Å². The number of hydrogen-bond acceptors (Lipinski definition) is 2. The van der Waals surface area contributed by atoms with Crippen molar-refractivity contribution in [1.29, 1.82) is 0 Å². The Balaban J connectivity index is 2.15. The SMILES string of the molecule is CC1=C(c2ccccc2)C(CC=O)n2cncc21. The quantitative estimate of drug-likeness (QED) is 0.770. The highest BCUT2D eigenvalue weighted by atomic mass is 16.1. The molecule has 1 aromatic heterocycles. The number of imidazole rings is 1. The van der Waals surface area contributed by atoms with E-state index >= 15 is 0 Å². The van der Waals surface area contributed by atoms with Gasteiger partial charge in [-0.3, -0.25) is 0 Å². The van der Waals surface area contributed by atoms with Crippen LogP contribution in [-0.4, -0.2) is 15.8 Å². The van der Waals surface area contributed by atoms with Gasteiger partial charge in [-0.25, -0.2) is 4.98 Å². The molecule has 2 heterocycles. The third-order valence-corrected chi connectivity index (χ3v) is 3.53. The first-order valence-electron chi connectivity index (χ1n) is 6.05. The summed E-state index contributed by atoms with van der Waals surface area (Å²) in [6, 6.07) is 10.3. The molecular formula is C15H14N2O. The zero-order valence-electron chi connectivity index (χ0n) is 10.2. The predicted octanol–water partition coefficient (Wildman–Crippen LogP) is 2.96. The molecule has 1 aliphatic rings. The van der Waals surface area contributed by atoms with E-state index in [0.717, 1.165) is 12.0 Å². The van der Waals surface area contributed by atoms with E-state index in [4.69, 9.17) is 0 Å². The standard InChI is InChI=1S/C15H14N2O/c1-11-14-9-16-10-17(14)13(7-8-18)15(11)12-5-3-2-4-6-12/h2-6,8-10,13H,7H2,1H3. The summed E-state index contributed by atoms with van der Waals surface area (Å²) in [5.41, 5.74) is 4.75. The Morgan fingerprint density at radius 1 is 1.33 bits per heavy atom. The second kappa shape index (κ2) is 4.26. The van der Waals surface area contributed by atoms with Gasteiger partial charge in [-0.2, -0.15) is 0 Å². The molecule has 1 atom stereocenters. The minimum absolute atomic E-state index is 0.0856. The highest BCUT2D eigenvalue weighted by Crippen LogP contribution is 2.43. The van der Waals surface area contributed by atoms with Crippen LogP contribution in [-0.2, 0) is 4.79 Å². The normalized spacial score (nSPS) is 17.9. The summed E-state index contributed by atoms with van der Waals surface area (Å²) in [6.07, 6.45) is 5.15. The molecule has 0 amide bonds. The molecule has 0 bridgehead atoms. The van der Waals surface area contributed by atoms with E-state index in [9.17, 15) is 4.79 Å². The molecule has 0 radical (unpaired) electrons. The van der Waals surface area contributed by atoms with Crippen LogP contribution in [0.5, 0.6) is 0 Å². The van der Waals surface area contributed by atoms with Crippen LogP contribution >= 0.6 is 0 Å². The van der Waals surface area contributed by atoms with E-state index < -0.39 is 0 Å². The Morgan fingerprint density at radius 3 is 2.83 bits per heavy atom. The lowest BCUT2D eigenvalue weighted by Gasteiger charge is -2.15. The number of allylic oxidation sites excluding steroid dienone is 2. The van der Waals surface area contributed by atoms with Crippen molar-refractivity contribution in [3.63, 3.8) is 0 Å². The number of hydrogen-bond donors (Lipinski definition) is 0. The number of carbonyl (C=O) groups excluding carboxylic acids is 1. The number of carbonyl (C=O) groups is 1. The molecule has 0 fully saturated rings. The van der Waals surface area contributed by atoms with Gasteiger partial charge in [0, 0.05) is 6.42 Å². The lowest BCUT2D eigenvalue weighted by molar-refractivity contribution is -0.108. The van der Waals surface area contributed by atoms with E-state index in [0.29, 0.717) is 6.42 Å². The minimum atomic E-state index is 0.0856. The molecule has 0 N–H and O–H groups in total. The highest BCUT2D eigenvalue weighted by molar-refractivity contribution is 5.94. The molecule has 1 aromatic carbocycles. The number of rotatable bonds is 3. The molecule has 0 saturated heterocycles. The van der Waals surface area contributed by atoms with Crippen molar-refractivity contribution in [2.45, 2.75) is 19.4 Å². The Bertz CT molecular complexity index is 610. The van der Waals surface area contributed by atoms with E-state index in [1.54, 1.807) is 0 Å². The summed E-state index contributed by atoms with van der Waals surface area (Å²) in [5, 5.41) is 0. The Hall–Kier alpha value is -2.16. The van der Waals surface area contributed by atoms with E-state index in [1.807, 2.05) is 30.7 Å². The monoisotopic (exact) mass is 238 g/mol. The Kier molecular flexibility index (Phi) is 2.59. The van der Waals surface area contributed by atoms with Gasteiger partial charge in [0.1, 0.15) is 6.29 Å². The van der Waals surface area contributed by atoms with Crippen LogP contribution in [0.4, 0.5) is 0 Å². The predicted molar refractivity (Wildman–Crippen MR) is 70.9 cm³/mol. The molecule has 1 unspecified atom stereocenters. The third-order valence-electron chi connectivity index (χ3n) is 3.53. The maximum absolute atomic E-state index is 10.9. The first kappa shape index (κ1) is 11.0. The van der Waals surface area contributed by atoms with Crippen LogP contribution in [0, 0.1) is 0 Å². The molecule has 0 aliphatic carbocycles. The van der Waals surface area contributed by atoms with Crippen molar-refractivity contribution >= 4 is 17.4 Å². The average molecular weight is 238 g/mol. The summed E-state index contributed by atoms with van der Waals surface area (Å²) >= 11 is 0. The number of benzene rings is 1. The lowest BCUT2D eigenvalue weighted by Crippen LogP contribution is -2.07. The van der Waals surface area contributed by atoms with Gasteiger partial charge in [-0.1, -0.05) is 30.3 Å². The molecule has 0 saturated carbocycles. The van der Waals surface area contributed by atoms with Gasteiger partial charge in [-0.15, -0.1) is 0 Å². The van der Waals surface area contributed by atoms with Crippen LogP contribution in [0.1, 0.15) is 30.6 Å². The largest absolute Gasteiger partial charge is 0.323 e. The van der Waals surface area contributed by atoms with Crippen LogP contribution in [0.3, 0.4) is 0 Å². The number of nitrogens with zero attached hydrogens (tertiary/aromatic N) is 2. The van der Waals surface area contributed by atoms with Crippen molar-refractivity contribution in [2.75, 3.05) is 0 Å². The highest BCUT2D eigenvalue weighted by Gasteiger charge is 2.29. The first-order valence-corrected chi connectivity index (χ1v) is 6.05. The summed E-state index contributed by atoms with van der Waals surface area (Å²) in [4.78, 5) is 15.1. The Morgan fingerprint density at radius 2 is 2.11 bits per heavy atom. The summed E-state index contributed by atoms with van der Waals surface area (Å²) < 4.78 is 2.09. The minimum Gasteiger partial charge on any atom is -0.323 e. The van der Waals surface area contributed by atoms with Gasteiger partial charge in [-0.05, 0) is 23.6 Å². The van der Waals surface area contributed by atoms with Crippen molar-refractivity contribution in [1.82, 2.24) is 9.55 Å². The zero-order chi connectivity index (χ0) is 12.5. The molecule has 90 valence electrons. The van der Waals surface area contributed by atoms with Crippen molar-refractivity contribution in [2.24, 2.45) is 0 Å². The van der Waals surface area contributed by atoms with E-state index in [2.05, 4.69) is 28.6 Å². The zero-order valence-corrected chi connectivity index (χ0v) is 10.2. The van der Waals surface area contributed by atoms with Gasteiger partial charge in [0.05, 0.1) is 24.3 Å². The molecule has 1 aliphatic heterocycles. The maximum atomic E-state index is 10.9. The first-order chi connectivity index (χ1) is 8.83. The number of aromatic nitrogens is 2. The fourth-order valence-corrected chi connectivity index (χ4v) is 2.72. The molecule has 2 aromatic rings. The van der Waals surface area contributed by atoms with Gasteiger partial charge >= 0.3 is 0 Å². The fraction of sp³-hybridized carbons (Fsp3) is 0.200. The third kappa shape index (κ3) is 1.51. The lowest BCUT2D eigenvalue weighted by atomic mass is 9.94. The topological polar surface area (TPSA) is 34.9 Å². The van der Waals surface area contributed by atoms with Crippen LogP contribution in [0.2, 0.25) is 0 Å². The second-order valence-electron chi connectivity index (χ2n) is 4.51. The summed E-state index contributed by atoms with van der Waals surface area (Å²) in [7, 11) is 0. The Labute approximate surface area is 106 Å². The molecule has 3 nitrogen and oxygen atoms in total. The molecular weight excluding hydrogens is 224 g/mol. The summed E-state index contributed by atoms with van der Waals surface area (Å²) in [5.74, 6) is 0. The van der Waals surface area contributed by atoms with Gasteiger partial charge < -0.3 is 9.36 Å². The molecule has 0 spiro atoms. The van der Waals surface area contributed by atoms with Crippen molar-refractivity contribution < 1.29 is 4.79 Å². The average Bonchev–Trinajstić information content (AvgIpc) is 2.96. The van der Waals surface area contributed by atoms with Gasteiger partial charge in [0.15, 0.2) is 0 Å². The van der Waals surface area contributed by atoms with E-state index in [1.165, 1.54) is 16.7 Å². The van der Waals surface area contributed by atoms with Crippen LogP contribution in [0.25, 0.3) is 11.1 Å². The van der Waals surface area contributed by atoms with Crippen LogP contribution in [0.15, 0.2) is 42.9 Å². The van der Waals surface area contributed by atoms with Gasteiger partial charge in [0.2, 0.25) is 0 Å². The second-order valence-corrected chi connectivity index (χ2v) is 4.51. The number of fused-ring (bicyclic) bond motifs is 1. The molecule has 3 heteroatoms. The molecule has 18 heavy (non-hydrogen) atoms. The molecule has 3 rings (SSSR count). The number of aldehydes is 1. The maximum Gasteiger partial charge on any atom is 0.122 e. The van der Waals surface area contributed by atoms with Gasteiger partial charge in [0.25, 0.3) is 0 Å². The van der Waals surface area contributed by atoms with E-state index in [-0.39, 0.29) is 6.04 Å². The van der Waals surface area contributed by atoms with Crippen molar-refractivity contribution in [3.8, 4) is 0 Å². The van der Waals surface area contributed by atoms with Crippen LogP contribution < -0.4 is 0 Å².